The number of amides is 3. The van der Waals surface area contributed by atoms with Crippen molar-refractivity contribution < 1.29 is 24.2 Å². The maximum absolute atomic E-state index is 14.6. The van der Waals surface area contributed by atoms with Gasteiger partial charge in [-0.05, 0) is 38.5 Å². The van der Waals surface area contributed by atoms with E-state index in [1.807, 2.05) is 11.8 Å². The molecule has 0 aromatic heterocycles. The van der Waals surface area contributed by atoms with E-state index in [9.17, 15) is 19.5 Å². The minimum atomic E-state index is -1.03. The number of ether oxygens (including phenoxy) is 1. The summed E-state index contributed by atoms with van der Waals surface area (Å²) in [5.41, 5.74) is -1.03. The number of carbonyl (C=O) groups excluding carboxylic acids is 3. The van der Waals surface area contributed by atoms with Crippen LogP contribution in [-0.4, -0.2) is 98.9 Å². The van der Waals surface area contributed by atoms with Crippen molar-refractivity contribution in [3.05, 3.63) is 25.3 Å². The Labute approximate surface area is 248 Å². The Hall–Kier alpha value is -1.71. The second kappa shape index (κ2) is 14.0. The molecule has 6 atom stereocenters. The normalized spacial score (nSPS) is 31.3. The summed E-state index contributed by atoms with van der Waals surface area (Å²) in [5.74, 6) is -1.58. The van der Waals surface area contributed by atoms with Gasteiger partial charge in [-0.2, -0.15) is 0 Å². The summed E-state index contributed by atoms with van der Waals surface area (Å²) >= 11 is 3.79. The number of carbonyl (C=O) groups is 3. The molecule has 3 heterocycles. The number of likely N-dealkylation sites (tertiary alicyclic amines) is 1. The number of hydrogen-bond acceptors (Lipinski definition) is 5. The second-order valence-corrected chi connectivity index (χ2v) is 13.2. The first-order chi connectivity index (χ1) is 19.4. The van der Waals surface area contributed by atoms with Crippen LogP contribution >= 0.6 is 15.9 Å². The zero-order valence-electron chi connectivity index (χ0n) is 24.1. The van der Waals surface area contributed by atoms with Crippen LogP contribution in [0.3, 0.4) is 0 Å². The molecule has 3 aliphatic heterocycles. The molecular weight excluding hydrogens is 574 g/mol. The molecule has 1 saturated carbocycles. The van der Waals surface area contributed by atoms with Gasteiger partial charge in [0.1, 0.15) is 11.6 Å². The fourth-order valence-corrected chi connectivity index (χ4v) is 8.66. The standard InChI is InChI=1S/C31H48BrN3O5/c1-4-16-33(17-5-2)28(37)24-25-29(38)35(19-12-7-8-13-20-36)27(31(25)21-23(32)26(24)40-31)30(39)34(18-6-3)22-14-10-9-11-15-22/h4,6,22-27,36H,1,3,5,7-21H2,2H3/t23?,24-,25+,26-,27?,31?/m1/s1. The lowest BCUT2D eigenvalue weighted by Crippen LogP contribution is -2.59. The van der Waals surface area contributed by atoms with Crippen molar-refractivity contribution in [1.82, 2.24) is 14.7 Å². The summed E-state index contributed by atoms with van der Waals surface area (Å²) in [4.78, 5) is 48.3. The average Bonchev–Trinajstić information content (AvgIpc) is 3.54. The van der Waals surface area contributed by atoms with Crippen LogP contribution in [0.25, 0.3) is 0 Å². The molecule has 40 heavy (non-hydrogen) atoms. The van der Waals surface area contributed by atoms with E-state index < -0.39 is 29.6 Å². The van der Waals surface area contributed by atoms with Crippen molar-refractivity contribution in [3.8, 4) is 0 Å². The van der Waals surface area contributed by atoms with Crippen LogP contribution < -0.4 is 0 Å². The smallest absolute Gasteiger partial charge is 0.248 e. The van der Waals surface area contributed by atoms with Gasteiger partial charge in [0.25, 0.3) is 0 Å². The summed E-state index contributed by atoms with van der Waals surface area (Å²) in [7, 11) is 0. The molecule has 3 amide bonds. The number of fused-ring (bicyclic) bond motifs is 1. The SMILES string of the molecule is C=CCN(CCC)C(=O)[C@H]1[C@@H]2OC3(CC2Br)C(C(=O)N(CC=C)C2CCCCC2)N(CCCCCCO)C(=O)[C@H]13. The molecule has 4 fully saturated rings. The third-order valence-corrected chi connectivity index (χ3v) is 10.2. The van der Waals surface area contributed by atoms with Crippen molar-refractivity contribution in [2.75, 3.05) is 32.8 Å². The summed E-state index contributed by atoms with van der Waals surface area (Å²) < 4.78 is 6.74. The first kappa shape index (κ1) is 31.2. The first-order valence-electron chi connectivity index (χ1n) is 15.4. The Morgan fingerprint density at radius 1 is 1.10 bits per heavy atom. The number of nitrogens with zero attached hydrogens (tertiary/aromatic N) is 3. The maximum Gasteiger partial charge on any atom is 0.248 e. The minimum absolute atomic E-state index is 0.0667. The Balaban J connectivity index is 1.70. The van der Waals surface area contributed by atoms with Crippen LogP contribution in [0, 0.1) is 11.8 Å². The van der Waals surface area contributed by atoms with Crippen LogP contribution in [-0.2, 0) is 19.1 Å². The van der Waals surface area contributed by atoms with Gasteiger partial charge in [-0.15, -0.1) is 13.2 Å². The van der Waals surface area contributed by atoms with Crippen LogP contribution in [0.2, 0.25) is 0 Å². The Morgan fingerprint density at radius 2 is 1.80 bits per heavy atom. The summed E-state index contributed by atoms with van der Waals surface area (Å²) in [6, 6.07) is -0.633. The maximum atomic E-state index is 14.6. The molecule has 224 valence electrons. The Kier molecular flexibility index (Phi) is 10.9. The van der Waals surface area contributed by atoms with Gasteiger partial charge < -0.3 is 24.5 Å². The van der Waals surface area contributed by atoms with E-state index in [0.717, 1.165) is 57.8 Å². The van der Waals surface area contributed by atoms with Crippen LogP contribution in [0.1, 0.15) is 77.6 Å². The molecule has 0 radical (unpaired) electrons. The van der Waals surface area contributed by atoms with Crippen molar-refractivity contribution >= 4 is 33.7 Å². The molecule has 3 saturated heterocycles. The van der Waals surface area contributed by atoms with Gasteiger partial charge in [-0.3, -0.25) is 14.4 Å². The van der Waals surface area contributed by atoms with Crippen molar-refractivity contribution in [2.24, 2.45) is 11.8 Å². The van der Waals surface area contributed by atoms with Gasteiger partial charge in [0.2, 0.25) is 17.7 Å². The van der Waals surface area contributed by atoms with E-state index in [1.54, 1.807) is 22.0 Å². The average molecular weight is 623 g/mol. The number of aliphatic hydroxyl groups excluding tert-OH is 1. The molecule has 2 bridgehead atoms. The predicted octanol–water partition coefficient (Wildman–Crippen LogP) is 4.06. The van der Waals surface area contributed by atoms with Crippen molar-refractivity contribution in [2.45, 2.75) is 106 Å². The highest BCUT2D eigenvalue weighted by molar-refractivity contribution is 9.09. The van der Waals surface area contributed by atoms with Crippen LogP contribution in [0.5, 0.6) is 0 Å². The van der Waals surface area contributed by atoms with E-state index in [4.69, 9.17) is 4.74 Å². The molecule has 8 nitrogen and oxygen atoms in total. The molecule has 0 aromatic carbocycles. The number of unbranched alkanes of at least 4 members (excludes halogenated alkanes) is 3. The predicted molar refractivity (Wildman–Crippen MR) is 159 cm³/mol. The Morgan fingerprint density at radius 3 is 2.45 bits per heavy atom. The van der Waals surface area contributed by atoms with E-state index in [0.29, 0.717) is 32.6 Å². The van der Waals surface area contributed by atoms with Gasteiger partial charge in [-0.25, -0.2) is 0 Å². The van der Waals surface area contributed by atoms with Crippen LogP contribution in [0.15, 0.2) is 25.3 Å². The van der Waals surface area contributed by atoms with Gasteiger partial charge >= 0.3 is 0 Å². The highest BCUT2D eigenvalue weighted by Crippen LogP contribution is 2.60. The van der Waals surface area contributed by atoms with E-state index in [2.05, 4.69) is 29.1 Å². The molecule has 3 unspecified atom stereocenters. The summed E-state index contributed by atoms with van der Waals surface area (Å²) in [6.07, 6.45) is 12.8. The fourth-order valence-electron chi connectivity index (χ4n) is 7.71. The third kappa shape index (κ3) is 5.80. The quantitative estimate of drug-likeness (QED) is 0.169. The molecule has 4 rings (SSSR count). The lowest BCUT2D eigenvalue weighted by molar-refractivity contribution is -0.150. The zero-order valence-corrected chi connectivity index (χ0v) is 25.7. The Bertz CT molecular complexity index is 940. The monoisotopic (exact) mass is 621 g/mol. The second-order valence-electron chi connectivity index (χ2n) is 12.0. The van der Waals surface area contributed by atoms with Crippen molar-refractivity contribution in [1.29, 1.82) is 0 Å². The number of alkyl halides is 1. The van der Waals surface area contributed by atoms with Gasteiger partial charge in [0.05, 0.1) is 17.9 Å². The van der Waals surface area contributed by atoms with Crippen molar-refractivity contribution in [3.63, 3.8) is 0 Å². The third-order valence-electron chi connectivity index (χ3n) is 9.39. The van der Waals surface area contributed by atoms with E-state index >= 15 is 0 Å². The highest BCUT2D eigenvalue weighted by atomic mass is 79.9. The van der Waals surface area contributed by atoms with Gasteiger partial charge in [0, 0.05) is 43.7 Å². The lowest BCUT2D eigenvalue weighted by atomic mass is 9.70. The van der Waals surface area contributed by atoms with E-state index in [-0.39, 0.29) is 35.2 Å². The number of halogens is 1. The molecule has 1 aliphatic carbocycles. The number of hydrogen-bond donors (Lipinski definition) is 1. The van der Waals surface area contributed by atoms with Gasteiger partial charge in [-0.1, -0.05) is 67.1 Å². The summed E-state index contributed by atoms with van der Waals surface area (Å²) in [5, 5.41) is 9.19. The summed E-state index contributed by atoms with van der Waals surface area (Å²) in [6.45, 7) is 11.8. The molecule has 9 heteroatoms. The zero-order chi connectivity index (χ0) is 28.9. The number of rotatable bonds is 15. The minimum Gasteiger partial charge on any atom is -0.396 e. The molecule has 1 N–H and O–H groups in total. The topological polar surface area (TPSA) is 90.4 Å². The van der Waals surface area contributed by atoms with E-state index in [1.165, 1.54) is 6.42 Å². The molecule has 4 aliphatic rings. The molecular formula is C31H48BrN3O5. The molecule has 1 spiro atoms. The van der Waals surface area contributed by atoms with Crippen LogP contribution in [0.4, 0.5) is 0 Å². The molecule has 0 aromatic rings. The fraction of sp³-hybridized carbons (Fsp3) is 0.774. The highest BCUT2D eigenvalue weighted by Gasteiger charge is 2.76. The lowest BCUT2D eigenvalue weighted by Gasteiger charge is -2.41. The van der Waals surface area contributed by atoms with Gasteiger partial charge in [0.15, 0.2) is 0 Å². The number of aliphatic hydroxyl groups is 1. The first-order valence-corrected chi connectivity index (χ1v) is 16.3. The largest absolute Gasteiger partial charge is 0.396 e.